The van der Waals surface area contributed by atoms with Gasteiger partial charge in [0.25, 0.3) is 0 Å². The molecule has 1 aliphatic heterocycles. The fraction of sp³-hybridized carbons (Fsp3) is 0.517. The highest BCUT2D eigenvalue weighted by Gasteiger charge is 2.40. The van der Waals surface area contributed by atoms with Gasteiger partial charge >= 0.3 is 5.97 Å². The minimum absolute atomic E-state index is 0.115. The van der Waals surface area contributed by atoms with Gasteiger partial charge in [-0.25, -0.2) is 28.2 Å². The summed E-state index contributed by atoms with van der Waals surface area (Å²) in [4.78, 5) is 26.2. The van der Waals surface area contributed by atoms with E-state index in [9.17, 15) is 18.3 Å². The number of aliphatic hydroxyl groups is 1. The normalized spacial score (nSPS) is 19.7. The molecule has 0 amide bonds. The van der Waals surface area contributed by atoms with E-state index in [1.54, 1.807) is 51.4 Å². The van der Waals surface area contributed by atoms with Gasteiger partial charge in [-0.05, 0) is 64.6 Å². The summed E-state index contributed by atoms with van der Waals surface area (Å²) in [5.41, 5.74) is -0.144. The van der Waals surface area contributed by atoms with Gasteiger partial charge in [0.05, 0.1) is 33.6 Å². The minimum atomic E-state index is -3.20. The first kappa shape index (κ1) is 29.7. The maximum absolute atomic E-state index is 12.5. The van der Waals surface area contributed by atoms with Crippen molar-refractivity contribution in [1.82, 2.24) is 15.0 Å². The van der Waals surface area contributed by atoms with Crippen molar-refractivity contribution in [2.45, 2.75) is 89.8 Å². The van der Waals surface area contributed by atoms with E-state index >= 15 is 0 Å². The summed E-state index contributed by atoms with van der Waals surface area (Å²) in [6.07, 6.45) is 4.74. The second-order valence-corrected chi connectivity index (χ2v) is 14.0. The highest BCUT2D eigenvalue weighted by Crippen LogP contribution is 2.39. The zero-order valence-corrected chi connectivity index (χ0v) is 25.1. The molecule has 0 radical (unpaired) electrons. The maximum atomic E-state index is 12.5. The Morgan fingerprint density at radius 1 is 1.18 bits per heavy atom. The second-order valence-electron chi connectivity index (χ2n) is 11.5. The molecule has 0 unspecified atom stereocenters. The lowest BCUT2D eigenvalue weighted by atomic mass is 9.84. The van der Waals surface area contributed by atoms with Crippen LogP contribution in [0.2, 0.25) is 0 Å². The van der Waals surface area contributed by atoms with Gasteiger partial charge < -0.3 is 19.9 Å². The number of esters is 1. The van der Waals surface area contributed by atoms with Gasteiger partial charge in [0.1, 0.15) is 27.1 Å². The van der Waals surface area contributed by atoms with Crippen LogP contribution < -0.4 is 10.1 Å². The smallest absolute Gasteiger partial charge is 0.340 e. The number of pyridine rings is 3. The number of hydrogen-bond donors (Lipinski definition) is 2. The molecule has 0 saturated carbocycles. The molecule has 0 aromatic carbocycles. The van der Waals surface area contributed by atoms with Gasteiger partial charge in [0, 0.05) is 36.6 Å². The predicted octanol–water partition coefficient (Wildman–Crippen LogP) is 5.03. The van der Waals surface area contributed by atoms with Gasteiger partial charge in [0.2, 0.25) is 5.88 Å². The maximum Gasteiger partial charge on any atom is 0.340 e. The summed E-state index contributed by atoms with van der Waals surface area (Å²) in [5, 5.41) is 15.1. The molecule has 4 atom stereocenters. The number of anilines is 2. The Bertz CT molecular complexity index is 1550. The minimum Gasteiger partial charge on any atom is -0.474 e. The van der Waals surface area contributed by atoms with Crippen molar-refractivity contribution in [2.24, 2.45) is 0 Å². The highest BCUT2D eigenvalue weighted by molar-refractivity contribution is 7.91. The number of carbonyl (C=O) groups is 1. The van der Waals surface area contributed by atoms with Crippen LogP contribution in [0.3, 0.4) is 0 Å². The molecule has 0 aliphatic carbocycles. The fourth-order valence-corrected chi connectivity index (χ4v) is 5.28. The molecule has 10 nitrogen and oxygen atoms in total. The number of nitrogens with one attached hydrogen (secondary N) is 1. The molecule has 0 spiro atoms. The summed E-state index contributed by atoms with van der Waals surface area (Å²) in [7, 11) is -3.20. The lowest BCUT2D eigenvalue weighted by molar-refractivity contribution is -0.0189. The molecule has 0 fully saturated rings. The van der Waals surface area contributed by atoms with Crippen molar-refractivity contribution in [3.8, 4) is 5.88 Å². The number of rotatable bonds is 9. The van der Waals surface area contributed by atoms with Crippen LogP contribution in [0.5, 0.6) is 5.88 Å². The Morgan fingerprint density at radius 2 is 1.88 bits per heavy atom. The number of nitrogens with zero attached hydrogens (tertiary/aromatic N) is 3. The molecule has 0 bridgehead atoms. The average Bonchev–Trinajstić information content (AvgIpc) is 2.86. The quantitative estimate of drug-likeness (QED) is 0.337. The fourth-order valence-electron chi connectivity index (χ4n) is 4.66. The highest BCUT2D eigenvalue weighted by atomic mass is 32.2. The van der Waals surface area contributed by atoms with Crippen LogP contribution in [0.4, 0.5) is 11.6 Å². The molecule has 4 rings (SSSR count). The molecule has 1 aliphatic rings. The van der Waals surface area contributed by atoms with E-state index in [1.165, 1.54) is 6.26 Å². The molecular weight excluding hydrogens is 532 g/mol. The first-order chi connectivity index (χ1) is 18.5. The Morgan fingerprint density at radius 3 is 2.52 bits per heavy atom. The van der Waals surface area contributed by atoms with Crippen LogP contribution in [0.15, 0.2) is 30.6 Å². The molecular formula is C29H38N4O6S. The molecule has 11 heteroatoms. The SMILES string of the molecule is CC[C@@](C)(O)c1cnc(O[C@H](C)C[C@@H](C)S(C)(=O)=O)c2cnc(Nc3ccc4c(n3)[C@@H](C)C(C)(C)OC4=O)cc12. The van der Waals surface area contributed by atoms with Crippen molar-refractivity contribution in [2.75, 3.05) is 11.6 Å². The number of carbonyl (C=O) groups excluding carboxylic acids is 1. The summed E-state index contributed by atoms with van der Waals surface area (Å²) in [6, 6.07) is 5.20. The van der Waals surface area contributed by atoms with E-state index in [4.69, 9.17) is 14.5 Å². The molecule has 3 aromatic heterocycles. The molecule has 0 saturated heterocycles. The zero-order chi connectivity index (χ0) is 29.6. The van der Waals surface area contributed by atoms with Gasteiger partial charge in [-0.1, -0.05) is 13.8 Å². The van der Waals surface area contributed by atoms with Gasteiger partial charge in [0.15, 0.2) is 0 Å². The number of cyclic esters (lactones) is 1. The van der Waals surface area contributed by atoms with Gasteiger partial charge in [-0.2, -0.15) is 0 Å². The lowest BCUT2D eigenvalue weighted by Crippen LogP contribution is -2.39. The average molecular weight is 571 g/mol. The predicted molar refractivity (Wildman–Crippen MR) is 154 cm³/mol. The van der Waals surface area contributed by atoms with E-state index in [0.29, 0.717) is 58.0 Å². The van der Waals surface area contributed by atoms with Crippen molar-refractivity contribution in [3.05, 3.63) is 47.4 Å². The van der Waals surface area contributed by atoms with Crippen molar-refractivity contribution in [1.29, 1.82) is 0 Å². The largest absolute Gasteiger partial charge is 0.474 e. The Hall–Kier alpha value is -3.31. The van der Waals surface area contributed by atoms with Crippen LogP contribution in [0.25, 0.3) is 10.8 Å². The monoisotopic (exact) mass is 570 g/mol. The lowest BCUT2D eigenvalue weighted by Gasteiger charge is -2.36. The summed E-state index contributed by atoms with van der Waals surface area (Å²) < 4.78 is 35.5. The number of aromatic nitrogens is 3. The van der Waals surface area contributed by atoms with Crippen LogP contribution in [-0.2, 0) is 20.2 Å². The molecule has 40 heavy (non-hydrogen) atoms. The zero-order valence-electron chi connectivity index (χ0n) is 24.3. The van der Waals surface area contributed by atoms with E-state index in [-0.39, 0.29) is 5.92 Å². The van der Waals surface area contributed by atoms with E-state index in [1.807, 2.05) is 27.7 Å². The van der Waals surface area contributed by atoms with Crippen LogP contribution >= 0.6 is 0 Å². The van der Waals surface area contributed by atoms with Crippen LogP contribution in [0.1, 0.15) is 88.8 Å². The summed E-state index contributed by atoms with van der Waals surface area (Å²) >= 11 is 0. The Kier molecular flexibility index (Phi) is 7.85. The standard InChI is InChI=1S/C29H38N4O6S/c1-9-29(7,35)22-15-31-26(38-16(2)12-17(3)40(8,36)37)21-14-30-24(13-20(21)22)32-23-11-10-19-25(33-23)18(4)28(5,6)39-27(19)34/h10-11,13-18,35H,9,12H2,1-8H3,(H,30,32,33)/t16-,17-,18-,29-/m1/s1. The number of hydrogen-bond acceptors (Lipinski definition) is 10. The first-order valence-corrected chi connectivity index (χ1v) is 15.4. The number of sulfone groups is 1. The van der Waals surface area contributed by atoms with Gasteiger partial charge in [-0.15, -0.1) is 0 Å². The third-order valence-corrected chi connectivity index (χ3v) is 9.58. The summed E-state index contributed by atoms with van der Waals surface area (Å²) in [6.45, 7) is 12.8. The molecule has 216 valence electrons. The van der Waals surface area contributed by atoms with Crippen LogP contribution in [0, 0.1) is 0 Å². The first-order valence-electron chi connectivity index (χ1n) is 13.4. The van der Waals surface area contributed by atoms with Crippen LogP contribution in [-0.4, -0.2) is 57.7 Å². The molecule has 2 N–H and O–H groups in total. The number of fused-ring (bicyclic) bond motifs is 2. The topological polar surface area (TPSA) is 141 Å². The Balaban J connectivity index is 1.71. The third kappa shape index (κ3) is 5.90. The molecule has 3 aromatic rings. The Labute approximate surface area is 235 Å². The van der Waals surface area contributed by atoms with Gasteiger partial charge in [-0.3, -0.25) is 0 Å². The van der Waals surface area contributed by atoms with E-state index < -0.39 is 38.4 Å². The summed E-state index contributed by atoms with van der Waals surface area (Å²) in [5.74, 6) is 0.790. The van der Waals surface area contributed by atoms with Crippen molar-refractivity contribution >= 4 is 38.2 Å². The van der Waals surface area contributed by atoms with Crippen molar-refractivity contribution in [3.63, 3.8) is 0 Å². The van der Waals surface area contributed by atoms with E-state index in [0.717, 1.165) is 0 Å². The molecule has 4 heterocycles. The number of ether oxygens (including phenoxy) is 2. The third-order valence-electron chi connectivity index (χ3n) is 7.92. The van der Waals surface area contributed by atoms with E-state index in [2.05, 4.69) is 15.3 Å². The second kappa shape index (κ2) is 10.6. The van der Waals surface area contributed by atoms with Crippen molar-refractivity contribution < 1.29 is 27.8 Å².